The summed E-state index contributed by atoms with van der Waals surface area (Å²) >= 11 is 0. The lowest BCUT2D eigenvalue weighted by Crippen LogP contribution is -2.45. The molecule has 0 bridgehead atoms. The largest absolute Gasteiger partial charge is 0.426 e. The van der Waals surface area contributed by atoms with Crippen LogP contribution in [0.1, 0.15) is 101 Å². The predicted octanol–water partition coefficient (Wildman–Crippen LogP) is 9.83. The minimum atomic E-state index is -1.47. The number of benzene rings is 2. The maximum atomic E-state index is 6.29. The minimum absolute atomic E-state index is 0.343. The van der Waals surface area contributed by atoms with E-state index in [2.05, 4.69) is 71.0 Å². The second-order valence-electron chi connectivity index (χ2n) is 11.3. The minimum Gasteiger partial charge on any atom is -0.426 e. The summed E-state index contributed by atoms with van der Waals surface area (Å²) in [5.74, 6) is 2.15. The second-order valence-corrected chi connectivity index (χ2v) is 13.6. The van der Waals surface area contributed by atoms with Crippen LogP contribution in [0, 0.1) is 5.41 Å². The van der Waals surface area contributed by atoms with E-state index in [9.17, 15) is 0 Å². The summed E-state index contributed by atoms with van der Waals surface area (Å²) in [5, 5.41) is 0. The van der Waals surface area contributed by atoms with Crippen molar-refractivity contribution in [2.75, 3.05) is 26.4 Å². The van der Waals surface area contributed by atoms with Gasteiger partial charge in [0.2, 0.25) is 0 Å². The Kier molecular flexibility index (Phi) is 12.5. The topological polar surface area (TPSA) is 55.4 Å². The lowest BCUT2D eigenvalue weighted by atomic mass is 9.93. The van der Waals surface area contributed by atoms with E-state index in [0.717, 1.165) is 56.4 Å². The molecule has 8 heteroatoms. The monoisotopic (exact) mass is 590 g/mol. The normalized spacial score (nSPS) is 23.7. The smallest absolute Gasteiger partial charge is 0.397 e. The highest BCUT2D eigenvalue weighted by atomic mass is 31.2. The van der Waals surface area contributed by atoms with Crippen molar-refractivity contribution in [2.24, 2.45) is 5.41 Å². The Balaban J connectivity index is 1.30. The van der Waals surface area contributed by atoms with E-state index in [1.807, 2.05) is 0 Å². The Morgan fingerprint density at radius 1 is 0.700 bits per heavy atom. The van der Waals surface area contributed by atoms with E-state index in [4.69, 9.17) is 27.1 Å². The number of hydrogen-bond donors (Lipinski definition) is 0. The lowest BCUT2D eigenvalue weighted by molar-refractivity contribution is -0.0673. The summed E-state index contributed by atoms with van der Waals surface area (Å²) < 4.78 is 37.0. The number of rotatable bonds is 14. The second kappa shape index (κ2) is 15.8. The Labute approximate surface area is 244 Å². The number of hydrogen-bond acceptors (Lipinski definition) is 6. The van der Waals surface area contributed by atoms with Crippen molar-refractivity contribution in [2.45, 2.75) is 98.3 Å². The molecule has 2 fully saturated rings. The molecule has 2 saturated heterocycles. The van der Waals surface area contributed by atoms with Crippen LogP contribution in [-0.2, 0) is 37.4 Å². The molecule has 0 amide bonds. The molecular formula is C32H48O6P2. The molecule has 1 unspecified atom stereocenters. The first kappa shape index (κ1) is 31.7. The zero-order chi connectivity index (χ0) is 28.4. The van der Waals surface area contributed by atoms with Crippen molar-refractivity contribution in [3.63, 3.8) is 0 Å². The molecule has 1 atom stereocenters. The Bertz CT molecular complexity index is 1050. The van der Waals surface area contributed by atoms with Crippen LogP contribution < -0.4 is 9.05 Å². The molecule has 2 aliphatic heterocycles. The van der Waals surface area contributed by atoms with E-state index in [0.29, 0.717) is 32.3 Å². The fourth-order valence-corrected chi connectivity index (χ4v) is 7.44. The fourth-order valence-electron chi connectivity index (χ4n) is 4.90. The first-order valence-corrected chi connectivity index (χ1v) is 17.4. The molecule has 2 aromatic rings. The third kappa shape index (κ3) is 8.63. The van der Waals surface area contributed by atoms with Crippen molar-refractivity contribution in [3.05, 3.63) is 58.7 Å². The summed E-state index contributed by atoms with van der Waals surface area (Å²) in [6.07, 6.45) is 10.0. The third-order valence-corrected chi connectivity index (χ3v) is 9.80. The lowest BCUT2D eigenvalue weighted by Gasteiger charge is -2.41. The molecule has 40 heavy (non-hydrogen) atoms. The molecule has 0 radical (unpaired) electrons. The average Bonchev–Trinajstić information content (AvgIpc) is 2.98. The zero-order valence-electron chi connectivity index (χ0n) is 25.1. The van der Waals surface area contributed by atoms with Gasteiger partial charge in [0.15, 0.2) is 0 Å². The van der Waals surface area contributed by atoms with E-state index in [1.54, 1.807) is 0 Å². The Morgan fingerprint density at radius 3 is 1.82 bits per heavy atom. The van der Waals surface area contributed by atoms with Crippen molar-refractivity contribution >= 4 is 17.2 Å². The standard InChI is InChI=1S/C32H48O6P2/c1-6-10-13-27-16-18-31(29(20-27)25(5)9-4)38-40-35-23-32(24-36-40)21-33-39(34-22-32)37-30-17-15-26(12-8-3)19-28(30)14-11-7-2/h15-20,25H,6-14,21-24H2,1-5H3. The molecular weight excluding hydrogens is 542 g/mol. The Morgan fingerprint density at radius 2 is 1.25 bits per heavy atom. The summed E-state index contributed by atoms with van der Waals surface area (Å²) in [6.45, 7) is 13.0. The molecule has 4 rings (SSSR count). The van der Waals surface area contributed by atoms with Crippen molar-refractivity contribution < 1.29 is 27.1 Å². The highest BCUT2D eigenvalue weighted by Gasteiger charge is 2.45. The highest BCUT2D eigenvalue weighted by molar-refractivity contribution is 7.42. The van der Waals surface area contributed by atoms with E-state index in [-0.39, 0.29) is 5.41 Å². The van der Waals surface area contributed by atoms with Gasteiger partial charge in [-0.1, -0.05) is 78.1 Å². The maximum Gasteiger partial charge on any atom is 0.397 e. The van der Waals surface area contributed by atoms with Gasteiger partial charge in [-0.25, -0.2) is 0 Å². The third-order valence-electron chi connectivity index (χ3n) is 7.75. The van der Waals surface area contributed by atoms with Gasteiger partial charge >= 0.3 is 17.2 Å². The van der Waals surface area contributed by atoms with Crippen molar-refractivity contribution in [1.82, 2.24) is 0 Å². The van der Waals surface area contributed by atoms with Gasteiger partial charge in [0, 0.05) is 0 Å². The van der Waals surface area contributed by atoms with E-state index >= 15 is 0 Å². The van der Waals surface area contributed by atoms with Crippen molar-refractivity contribution in [1.29, 1.82) is 0 Å². The van der Waals surface area contributed by atoms with Crippen LogP contribution in [0.5, 0.6) is 11.5 Å². The van der Waals surface area contributed by atoms with E-state index in [1.165, 1.54) is 35.1 Å². The van der Waals surface area contributed by atoms with Crippen LogP contribution >= 0.6 is 17.2 Å². The van der Waals surface area contributed by atoms with Crippen LogP contribution in [0.2, 0.25) is 0 Å². The van der Waals surface area contributed by atoms with Gasteiger partial charge in [0.05, 0.1) is 31.8 Å². The predicted molar refractivity (Wildman–Crippen MR) is 164 cm³/mol. The molecule has 1 spiro atoms. The van der Waals surface area contributed by atoms with Crippen molar-refractivity contribution in [3.8, 4) is 11.5 Å². The summed E-state index contributed by atoms with van der Waals surface area (Å²) in [6, 6.07) is 13.1. The maximum absolute atomic E-state index is 6.29. The number of unbranched alkanes of at least 4 members (excludes halogenated alkanes) is 2. The van der Waals surface area contributed by atoms with Gasteiger partial charge < -0.3 is 27.1 Å². The molecule has 2 aromatic carbocycles. The quantitative estimate of drug-likeness (QED) is 0.204. The van der Waals surface area contributed by atoms with Crippen LogP contribution in [0.4, 0.5) is 0 Å². The highest BCUT2D eigenvalue weighted by Crippen LogP contribution is 2.54. The zero-order valence-corrected chi connectivity index (χ0v) is 26.9. The molecule has 0 saturated carbocycles. The van der Waals surface area contributed by atoms with Gasteiger partial charge in [-0.2, -0.15) is 0 Å². The summed E-state index contributed by atoms with van der Waals surface area (Å²) in [5.41, 5.74) is 4.86. The molecule has 6 nitrogen and oxygen atoms in total. The van der Waals surface area contributed by atoms with Gasteiger partial charge in [-0.15, -0.1) is 0 Å². The van der Waals surface area contributed by atoms with Gasteiger partial charge in [-0.05, 0) is 78.8 Å². The first-order valence-electron chi connectivity index (χ1n) is 15.2. The van der Waals surface area contributed by atoms with Gasteiger partial charge in [-0.3, -0.25) is 0 Å². The molecule has 0 aromatic heterocycles. The first-order chi connectivity index (χ1) is 19.5. The molecule has 0 N–H and O–H groups in total. The van der Waals surface area contributed by atoms with Crippen LogP contribution in [0.3, 0.4) is 0 Å². The fraction of sp³-hybridized carbons (Fsp3) is 0.625. The Hall–Kier alpha value is -1.26. The number of aryl methyl sites for hydroxylation is 3. The van der Waals surface area contributed by atoms with Crippen LogP contribution in [-0.4, -0.2) is 26.4 Å². The van der Waals surface area contributed by atoms with Gasteiger partial charge in [0.1, 0.15) is 11.5 Å². The van der Waals surface area contributed by atoms with Crippen LogP contribution in [0.25, 0.3) is 0 Å². The molecule has 2 aliphatic rings. The summed E-state index contributed by atoms with van der Waals surface area (Å²) in [7, 11) is -2.93. The SMILES string of the molecule is CCCCc1ccc(OP2OCC3(COP(Oc4ccc(CCC)cc4CCCC)OC3)CO2)c(C(C)CC)c1. The molecule has 0 aliphatic carbocycles. The average molecular weight is 591 g/mol. The van der Waals surface area contributed by atoms with Gasteiger partial charge in [0.25, 0.3) is 0 Å². The summed E-state index contributed by atoms with van der Waals surface area (Å²) in [4.78, 5) is 0. The van der Waals surface area contributed by atoms with E-state index < -0.39 is 17.2 Å². The van der Waals surface area contributed by atoms with Crippen LogP contribution in [0.15, 0.2) is 36.4 Å². The molecule has 2 heterocycles. The molecule has 222 valence electrons.